The molecule has 76 valence electrons. The molecule has 0 unspecified atom stereocenters. The molecule has 0 aromatic heterocycles. The van der Waals surface area contributed by atoms with Crippen LogP contribution in [0.2, 0.25) is 0 Å². The van der Waals surface area contributed by atoms with Crippen molar-refractivity contribution in [3.8, 4) is 6.07 Å². The molecule has 0 bridgehead atoms. The number of allylic oxidation sites excluding steroid dienone is 1. The molecule has 0 saturated heterocycles. The summed E-state index contributed by atoms with van der Waals surface area (Å²) in [6.45, 7) is 3.73. The van der Waals surface area contributed by atoms with Gasteiger partial charge in [-0.3, -0.25) is 4.79 Å². The molecule has 0 saturated carbocycles. The monoisotopic (exact) mass is 199 g/mol. The summed E-state index contributed by atoms with van der Waals surface area (Å²) < 4.78 is 0. The zero-order chi connectivity index (χ0) is 11.3. The lowest BCUT2D eigenvalue weighted by Gasteiger charge is -1.97. The predicted molar refractivity (Wildman–Crippen MR) is 60.0 cm³/mol. The molecule has 2 heteroatoms. The molecule has 0 heterocycles. The zero-order valence-corrected chi connectivity index (χ0v) is 8.90. The predicted octanol–water partition coefficient (Wildman–Crippen LogP) is 2.80. The van der Waals surface area contributed by atoms with E-state index < -0.39 is 0 Å². The lowest BCUT2D eigenvalue weighted by Crippen LogP contribution is -2.01. The third-order valence-electron chi connectivity index (χ3n) is 2.05. The zero-order valence-electron chi connectivity index (χ0n) is 8.90. The summed E-state index contributed by atoms with van der Waals surface area (Å²) in [5.74, 6) is 0.138. The van der Waals surface area contributed by atoms with Crippen LogP contribution in [0.15, 0.2) is 30.3 Å². The molecule has 0 radical (unpaired) electrons. The second kappa shape index (κ2) is 5.11. The van der Waals surface area contributed by atoms with Gasteiger partial charge in [0.25, 0.3) is 0 Å². The summed E-state index contributed by atoms with van der Waals surface area (Å²) in [5.41, 5.74) is 1.56. The molecule has 1 aromatic carbocycles. The van der Waals surface area contributed by atoms with Crippen LogP contribution in [0.25, 0.3) is 6.08 Å². The summed E-state index contributed by atoms with van der Waals surface area (Å²) in [7, 11) is 0. The highest BCUT2D eigenvalue weighted by atomic mass is 16.1. The first-order valence-corrected chi connectivity index (χ1v) is 4.85. The lowest BCUT2D eigenvalue weighted by atomic mass is 10.1. The van der Waals surface area contributed by atoms with Crippen molar-refractivity contribution in [1.29, 1.82) is 5.26 Å². The standard InChI is InChI=1S/C13H13NO/c1-10(2)13(15)8-7-11-3-5-12(9-14)6-4-11/h3-8,10H,1-2H3. The van der Waals surface area contributed by atoms with Crippen LogP contribution in [0, 0.1) is 17.2 Å². The molecule has 0 spiro atoms. The molecule has 0 N–H and O–H groups in total. The number of nitriles is 1. The van der Waals surface area contributed by atoms with Gasteiger partial charge >= 0.3 is 0 Å². The fraction of sp³-hybridized carbons (Fsp3) is 0.231. The van der Waals surface area contributed by atoms with Crippen molar-refractivity contribution >= 4 is 11.9 Å². The van der Waals surface area contributed by atoms with E-state index in [1.807, 2.05) is 32.0 Å². The maximum atomic E-state index is 11.3. The van der Waals surface area contributed by atoms with Gasteiger partial charge in [0.15, 0.2) is 5.78 Å². The normalized spacial score (nSPS) is 10.5. The molecule has 0 aliphatic carbocycles. The van der Waals surface area contributed by atoms with Crippen LogP contribution in [0.5, 0.6) is 0 Å². The minimum Gasteiger partial charge on any atom is -0.295 e. The Morgan fingerprint density at radius 1 is 1.33 bits per heavy atom. The van der Waals surface area contributed by atoms with Crippen molar-refractivity contribution < 1.29 is 4.79 Å². The maximum absolute atomic E-state index is 11.3. The molecule has 0 aliphatic heterocycles. The Morgan fingerprint density at radius 2 is 1.93 bits per heavy atom. The highest BCUT2D eigenvalue weighted by Gasteiger charge is 2.01. The second-order valence-corrected chi connectivity index (χ2v) is 3.62. The van der Waals surface area contributed by atoms with Gasteiger partial charge in [-0.15, -0.1) is 0 Å². The quantitative estimate of drug-likeness (QED) is 0.702. The number of benzene rings is 1. The molecule has 0 fully saturated rings. The van der Waals surface area contributed by atoms with Crippen molar-refractivity contribution in [3.05, 3.63) is 41.5 Å². The summed E-state index contributed by atoms with van der Waals surface area (Å²) in [6.07, 6.45) is 3.34. The first-order valence-electron chi connectivity index (χ1n) is 4.85. The second-order valence-electron chi connectivity index (χ2n) is 3.62. The molecular formula is C13H13NO. The number of carbonyl (C=O) groups is 1. The van der Waals surface area contributed by atoms with E-state index in [0.717, 1.165) is 5.56 Å². The molecule has 0 amide bonds. The highest BCUT2D eigenvalue weighted by molar-refractivity contribution is 5.94. The fourth-order valence-electron chi connectivity index (χ4n) is 1.04. The Hall–Kier alpha value is -1.88. The Labute approximate surface area is 89.9 Å². The third kappa shape index (κ3) is 3.40. The van der Waals surface area contributed by atoms with Gasteiger partial charge in [-0.2, -0.15) is 5.26 Å². The smallest absolute Gasteiger partial charge is 0.158 e. The maximum Gasteiger partial charge on any atom is 0.158 e. The van der Waals surface area contributed by atoms with E-state index in [4.69, 9.17) is 5.26 Å². The Kier molecular flexibility index (Phi) is 3.82. The van der Waals surface area contributed by atoms with Crippen LogP contribution in [-0.2, 0) is 4.79 Å². The van der Waals surface area contributed by atoms with E-state index in [-0.39, 0.29) is 11.7 Å². The number of hydrogen-bond donors (Lipinski definition) is 0. The van der Waals surface area contributed by atoms with Crippen LogP contribution in [0.4, 0.5) is 0 Å². The Morgan fingerprint density at radius 3 is 2.40 bits per heavy atom. The summed E-state index contributed by atoms with van der Waals surface area (Å²) in [5, 5.41) is 8.60. The molecule has 0 atom stereocenters. The molecule has 2 nitrogen and oxygen atoms in total. The van der Waals surface area contributed by atoms with Gasteiger partial charge < -0.3 is 0 Å². The molecule has 15 heavy (non-hydrogen) atoms. The van der Waals surface area contributed by atoms with E-state index in [1.165, 1.54) is 0 Å². The third-order valence-corrected chi connectivity index (χ3v) is 2.05. The first-order chi connectivity index (χ1) is 7.13. The first kappa shape index (κ1) is 11.2. The van der Waals surface area contributed by atoms with E-state index in [2.05, 4.69) is 0 Å². The molecule has 0 aliphatic rings. The van der Waals surface area contributed by atoms with Gasteiger partial charge in [-0.05, 0) is 23.8 Å². The van der Waals surface area contributed by atoms with Crippen LogP contribution >= 0.6 is 0 Å². The fourth-order valence-corrected chi connectivity index (χ4v) is 1.04. The number of ketones is 1. The summed E-state index contributed by atoms with van der Waals surface area (Å²) >= 11 is 0. The van der Waals surface area contributed by atoms with Gasteiger partial charge in [0.1, 0.15) is 0 Å². The van der Waals surface area contributed by atoms with Gasteiger partial charge in [-0.25, -0.2) is 0 Å². The van der Waals surface area contributed by atoms with Crippen LogP contribution in [0.1, 0.15) is 25.0 Å². The number of rotatable bonds is 3. The highest BCUT2D eigenvalue weighted by Crippen LogP contribution is 2.06. The summed E-state index contributed by atoms with van der Waals surface area (Å²) in [4.78, 5) is 11.3. The number of carbonyl (C=O) groups excluding carboxylic acids is 1. The van der Waals surface area contributed by atoms with Gasteiger partial charge in [-0.1, -0.05) is 32.1 Å². The SMILES string of the molecule is CC(C)C(=O)C=Cc1ccc(C#N)cc1. The summed E-state index contributed by atoms with van der Waals surface area (Å²) in [6, 6.07) is 9.16. The van der Waals surface area contributed by atoms with Crippen LogP contribution < -0.4 is 0 Å². The average Bonchev–Trinajstić information content (AvgIpc) is 2.26. The topological polar surface area (TPSA) is 40.9 Å². The minimum atomic E-state index is 0.0274. The number of hydrogen-bond acceptors (Lipinski definition) is 2. The Bertz CT molecular complexity index is 407. The molecule has 1 rings (SSSR count). The van der Waals surface area contributed by atoms with Crippen LogP contribution in [0.3, 0.4) is 0 Å². The van der Waals surface area contributed by atoms with Gasteiger partial charge in [0, 0.05) is 5.92 Å². The lowest BCUT2D eigenvalue weighted by molar-refractivity contribution is -0.117. The van der Waals surface area contributed by atoms with Crippen LogP contribution in [-0.4, -0.2) is 5.78 Å². The van der Waals surface area contributed by atoms with Crippen molar-refractivity contribution in [2.24, 2.45) is 5.92 Å². The van der Waals surface area contributed by atoms with Crippen molar-refractivity contribution in [2.75, 3.05) is 0 Å². The average molecular weight is 199 g/mol. The van der Waals surface area contributed by atoms with E-state index in [0.29, 0.717) is 5.56 Å². The minimum absolute atomic E-state index is 0.0274. The Balaban J connectivity index is 2.74. The molecule has 1 aromatic rings. The largest absolute Gasteiger partial charge is 0.295 e. The van der Waals surface area contributed by atoms with Crippen molar-refractivity contribution in [1.82, 2.24) is 0 Å². The van der Waals surface area contributed by atoms with Gasteiger partial charge in [0.2, 0.25) is 0 Å². The van der Waals surface area contributed by atoms with Crippen molar-refractivity contribution in [2.45, 2.75) is 13.8 Å². The van der Waals surface area contributed by atoms with Crippen molar-refractivity contribution in [3.63, 3.8) is 0 Å². The molecular weight excluding hydrogens is 186 g/mol. The van der Waals surface area contributed by atoms with Gasteiger partial charge in [0.05, 0.1) is 11.6 Å². The van der Waals surface area contributed by atoms with E-state index >= 15 is 0 Å². The van der Waals surface area contributed by atoms with E-state index in [1.54, 1.807) is 24.3 Å². The van der Waals surface area contributed by atoms with E-state index in [9.17, 15) is 4.79 Å². The number of nitrogens with zero attached hydrogens (tertiary/aromatic N) is 1.